The van der Waals surface area contributed by atoms with Crippen LogP contribution < -0.4 is 10.6 Å². The molecule has 1 unspecified atom stereocenters. The molecule has 0 radical (unpaired) electrons. The monoisotopic (exact) mass is 226 g/mol. The lowest BCUT2D eigenvalue weighted by molar-refractivity contribution is -0.127. The Morgan fingerprint density at radius 1 is 1.25 bits per heavy atom. The van der Waals surface area contributed by atoms with Crippen molar-refractivity contribution in [2.24, 2.45) is 5.92 Å². The topological polar surface area (TPSA) is 58.2 Å². The van der Waals surface area contributed by atoms with E-state index in [0.717, 1.165) is 6.54 Å². The number of hydrogen-bond donors (Lipinski definition) is 2. The highest BCUT2D eigenvalue weighted by molar-refractivity contribution is 5.86. The van der Waals surface area contributed by atoms with Crippen LogP contribution in [0.1, 0.15) is 46.0 Å². The summed E-state index contributed by atoms with van der Waals surface area (Å²) in [5, 5.41) is 5.48. The highest BCUT2D eigenvalue weighted by atomic mass is 16.2. The SMILES string of the molecule is CC(=O)NC(C)C(=O)NCC1CCCCC1. The van der Waals surface area contributed by atoms with Gasteiger partial charge in [-0.2, -0.15) is 0 Å². The van der Waals surface area contributed by atoms with Crippen molar-refractivity contribution in [2.45, 2.75) is 52.0 Å². The molecular weight excluding hydrogens is 204 g/mol. The third-order valence-electron chi connectivity index (χ3n) is 3.10. The van der Waals surface area contributed by atoms with E-state index in [1.165, 1.54) is 39.0 Å². The van der Waals surface area contributed by atoms with E-state index < -0.39 is 6.04 Å². The van der Waals surface area contributed by atoms with Gasteiger partial charge in [-0.15, -0.1) is 0 Å². The summed E-state index contributed by atoms with van der Waals surface area (Å²) in [5.41, 5.74) is 0. The van der Waals surface area contributed by atoms with Gasteiger partial charge >= 0.3 is 0 Å². The van der Waals surface area contributed by atoms with Gasteiger partial charge < -0.3 is 10.6 Å². The van der Waals surface area contributed by atoms with Gasteiger partial charge in [-0.1, -0.05) is 19.3 Å². The normalized spacial score (nSPS) is 18.9. The van der Waals surface area contributed by atoms with Gasteiger partial charge in [-0.05, 0) is 25.7 Å². The second-order valence-corrected chi connectivity index (χ2v) is 4.67. The molecule has 1 saturated carbocycles. The Kier molecular flexibility index (Phi) is 5.29. The largest absolute Gasteiger partial charge is 0.354 e. The molecule has 4 heteroatoms. The smallest absolute Gasteiger partial charge is 0.242 e. The molecule has 0 aliphatic heterocycles. The lowest BCUT2D eigenvalue weighted by Crippen LogP contribution is -2.45. The Morgan fingerprint density at radius 2 is 1.88 bits per heavy atom. The van der Waals surface area contributed by atoms with Crippen molar-refractivity contribution in [3.63, 3.8) is 0 Å². The van der Waals surface area contributed by atoms with Crippen molar-refractivity contribution >= 4 is 11.8 Å². The second kappa shape index (κ2) is 6.51. The molecule has 1 rings (SSSR count). The number of carbonyl (C=O) groups excluding carboxylic acids is 2. The molecule has 0 heterocycles. The molecular formula is C12H22N2O2. The molecule has 2 amide bonds. The van der Waals surface area contributed by atoms with Crippen LogP contribution in [0.25, 0.3) is 0 Å². The molecule has 1 atom stereocenters. The number of carbonyl (C=O) groups is 2. The van der Waals surface area contributed by atoms with E-state index in [0.29, 0.717) is 5.92 Å². The molecule has 0 aromatic heterocycles. The minimum atomic E-state index is -0.430. The van der Waals surface area contributed by atoms with Gasteiger partial charge in [0.15, 0.2) is 0 Å². The molecule has 0 aromatic carbocycles. The molecule has 1 aliphatic carbocycles. The Morgan fingerprint density at radius 3 is 2.44 bits per heavy atom. The highest BCUT2D eigenvalue weighted by Gasteiger charge is 2.17. The van der Waals surface area contributed by atoms with Crippen LogP contribution in [0, 0.1) is 5.92 Å². The summed E-state index contributed by atoms with van der Waals surface area (Å²) < 4.78 is 0. The van der Waals surface area contributed by atoms with Gasteiger partial charge in [0.25, 0.3) is 0 Å². The first kappa shape index (κ1) is 13.0. The van der Waals surface area contributed by atoms with Crippen LogP contribution in [0.2, 0.25) is 0 Å². The number of amides is 2. The zero-order chi connectivity index (χ0) is 12.0. The minimum absolute atomic E-state index is 0.0826. The zero-order valence-electron chi connectivity index (χ0n) is 10.2. The summed E-state index contributed by atoms with van der Waals surface area (Å²) in [5.74, 6) is 0.378. The lowest BCUT2D eigenvalue weighted by atomic mass is 9.89. The lowest BCUT2D eigenvalue weighted by Gasteiger charge is -2.22. The molecule has 1 aliphatic rings. The number of hydrogen-bond acceptors (Lipinski definition) is 2. The van der Waals surface area contributed by atoms with Crippen LogP contribution >= 0.6 is 0 Å². The summed E-state index contributed by atoms with van der Waals surface area (Å²) in [4.78, 5) is 22.4. The maximum atomic E-state index is 11.6. The Labute approximate surface area is 97.2 Å². The first-order valence-electron chi connectivity index (χ1n) is 6.14. The van der Waals surface area contributed by atoms with Gasteiger partial charge in [-0.25, -0.2) is 0 Å². The standard InChI is InChI=1S/C12H22N2O2/c1-9(14-10(2)15)12(16)13-8-11-6-4-3-5-7-11/h9,11H,3-8H2,1-2H3,(H,13,16)(H,14,15). The quantitative estimate of drug-likeness (QED) is 0.757. The van der Waals surface area contributed by atoms with E-state index in [4.69, 9.17) is 0 Å². The first-order valence-corrected chi connectivity index (χ1v) is 6.14. The summed E-state index contributed by atoms with van der Waals surface area (Å²) in [7, 11) is 0. The maximum absolute atomic E-state index is 11.6. The van der Waals surface area contributed by atoms with Gasteiger partial charge in [0.1, 0.15) is 6.04 Å². The first-order chi connectivity index (χ1) is 7.59. The minimum Gasteiger partial charge on any atom is -0.354 e. The fourth-order valence-electron chi connectivity index (χ4n) is 2.16. The van der Waals surface area contributed by atoms with E-state index in [1.54, 1.807) is 6.92 Å². The summed E-state index contributed by atoms with van der Waals surface area (Å²) in [6, 6.07) is -0.430. The van der Waals surface area contributed by atoms with Gasteiger partial charge in [0.05, 0.1) is 0 Å². The Hall–Kier alpha value is -1.06. The predicted octanol–water partition coefficient (Wildman–Crippen LogP) is 1.21. The van der Waals surface area contributed by atoms with E-state index in [9.17, 15) is 9.59 Å². The Bertz CT molecular complexity index is 247. The molecule has 0 saturated heterocycles. The summed E-state index contributed by atoms with van der Waals surface area (Å²) in [6.45, 7) is 3.88. The number of nitrogens with one attached hydrogen (secondary N) is 2. The molecule has 1 fully saturated rings. The van der Waals surface area contributed by atoms with Crippen LogP contribution in [0.3, 0.4) is 0 Å². The van der Waals surface area contributed by atoms with E-state index in [2.05, 4.69) is 10.6 Å². The fraction of sp³-hybridized carbons (Fsp3) is 0.833. The van der Waals surface area contributed by atoms with Crippen molar-refractivity contribution in [3.05, 3.63) is 0 Å². The molecule has 2 N–H and O–H groups in total. The average molecular weight is 226 g/mol. The summed E-state index contributed by atoms with van der Waals surface area (Å²) >= 11 is 0. The van der Waals surface area contributed by atoms with Crippen LogP contribution in [-0.4, -0.2) is 24.4 Å². The van der Waals surface area contributed by atoms with Crippen molar-refractivity contribution in [1.82, 2.24) is 10.6 Å². The molecule has 0 spiro atoms. The van der Waals surface area contributed by atoms with Crippen molar-refractivity contribution in [3.8, 4) is 0 Å². The van der Waals surface area contributed by atoms with Crippen LogP contribution in [0.5, 0.6) is 0 Å². The molecule has 16 heavy (non-hydrogen) atoms. The molecule has 92 valence electrons. The zero-order valence-corrected chi connectivity index (χ0v) is 10.2. The second-order valence-electron chi connectivity index (χ2n) is 4.67. The maximum Gasteiger partial charge on any atom is 0.242 e. The number of rotatable bonds is 4. The van der Waals surface area contributed by atoms with Crippen LogP contribution in [0.4, 0.5) is 0 Å². The van der Waals surface area contributed by atoms with Crippen LogP contribution in [-0.2, 0) is 9.59 Å². The molecule has 4 nitrogen and oxygen atoms in total. The third-order valence-corrected chi connectivity index (χ3v) is 3.10. The van der Waals surface area contributed by atoms with Gasteiger partial charge in [0, 0.05) is 13.5 Å². The van der Waals surface area contributed by atoms with Crippen molar-refractivity contribution < 1.29 is 9.59 Å². The summed E-state index contributed by atoms with van der Waals surface area (Å²) in [6.07, 6.45) is 6.32. The average Bonchev–Trinajstić information content (AvgIpc) is 2.26. The van der Waals surface area contributed by atoms with Gasteiger partial charge in [-0.3, -0.25) is 9.59 Å². The van der Waals surface area contributed by atoms with Crippen LogP contribution in [0.15, 0.2) is 0 Å². The van der Waals surface area contributed by atoms with Gasteiger partial charge in [0.2, 0.25) is 11.8 Å². The third kappa shape index (κ3) is 4.64. The molecule has 0 bridgehead atoms. The Balaban J connectivity index is 2.20. The van der Waals surface area contributed by atoms with E-state index >= 15 is 0 Å². The van der Waals surface area contributed by atoms with E-state index in [1.807, 2.05) is 0 Å². The van der Waals surface area contributed by atoms with E-state index in [-0.39, 0.29) is 11.8 Å². The predicted molar refractivity (Wildman–Crippen MR) is 62.9 cm³/mol. The highest BCUT2D eigenvalue weighted by Crippen LogP contribution is 2.22. The molecule has 0 aromatic rings. The van der Waals surface area contributed by atoms with Crippen molar-refractivity contribution in [2.75, 3.05) is 6.54 Å². The fourth-order valence-corrected chi connectivity index (χ4v) is 2.16. The van der Waals surface area contributed by atoms with Crippen molar-refractivity contribution in [1.29, 1.82) is 0 Å².